The van der Waals surface area contributed by atoms with Crippen molar-refractivity contribution in [3.63, 3.8) is 0 Å². The summed E-state index contributed by atoms with van der Waals surface area (Å²) in [5, 5.41) is 28.6. The molecule has 2 N–H and O–H groups in total. The Morgan fingerprint density at radius 3 is 2.45 bits per heavy atom. The number of rotatable bonds is 1. The minimum Gasteiger partial charge on any atom is -0.399 e. The van der Waals surface area contributed by atoms with Crippen molar-refractivity contribution in [1.29, 1.82) is 15.8 Å². The van der Waals surface area contributed by atoms with Crippen molar-refractivity contribution in [3.05, 3.63) is 22.9 Å². The van der Waals surface area contributed by atoms with Gasteiger partial charge in [-0.3, -0.25) is 0 Å². The number of nitrogens with two attached hydrogens (primary N) is 1. The number of nitrogens with zero attached hydrogens (tertiary/aromatic N) is 3. The number of nitriles is 3. The lowest BCUT2D eigenvalue weighted by atomic mass is 9.55. The fourth-order valence-electron chi connectivity index (χ4n) is 3.78. The largest absolute Gasteiger partial charge is 0.399 e. The second kappa shape index (κ2) is 5.03. The Hall–Kier alpha value is -2.25. The summed E-state index contributed by atoms with van der Waals surface area (Å²) in [7, 11) is 0. The zero-order chi connectivity index (χ0) is 14.9. The van der Waals surface area contributed by atoms with Crippen molar-refractivity contribution in [2.45, 2.75) is 33.1 Å². The average Bonchev–Trinajstić information content (AvgIpc) is 2.46. The molecule has 4 nitrogen and oxygen atoms in total. The zero-order valence-electron chi connectivity index (χ0n) is 11.8. The highest BCUT2D eigenvalue weighted by Gasteiger charge is 2.53. The number of fused-ring (bicyclic) bond motifs is 1. The van der Waals surface area contributed by atoms with Crippen LogP contribution in [0, 0.1) is 57.2 Å². The summed E-state index contributed by atoms with van der Waals surface area (Å²) in [6, 6.07) is 6.37. The molecular formula is C16H18N4. The monoisotopic (exact) mass is 266 g/mol. The first kappa shape index (κ1) is 14.2. The van der Waals surface area contributed by atoms with E-state index in [2.05, 4.69) is 24.3 Å². The molecule has 2 rings (SSSR count). The van der Waals surface area contributed by atoms with Crippen LogP contribution in [0.4, 0.5) is 0 Å². The number of hydrogen-bond acceptors (Lipinski definition) is 4. The van der Waals surface area contributed by atoms with E-state index in [1.54, 1.807) is 0 Å². The Labute approximate surface area is 119 Å². The van der Waals surface area contributed by atoms with Crippen LogP contribution in [0.5, 0.6) is 0 Å². The Balaban J connectivity index is 2.78. The van der Waals surface area contributed by atoms with Gasteiger partial charge in [-0.2, -0.15) is 15.8 Å². The molecule has 0 aromatic carbocycles. The Bertz CT molecular complexity index is 590. The number of allylic oxidation sites excluding steroid dienone is 4. The van der Waals surface area contributed by atoms with E-state index in [1.807, 2.05) is 13.8 Å². The van der Waals surface area contributed by atoms with Crippen LogP contribution in [0.2, 0.25) is 0 Å². The lowest BCUT2D eigenvalue weighted by molar-refractivity contribution is 0.172. The second-order valence-electron chi connectivity index (χ2n) is 5.90. The molecule has 0 saturated heterocycles. The van der Waals surface area contributed by atoms with Crippen LogP contribution in [0.3, 0.4) is 0 Å². The van der Waals surface area contributed by atoms with Gasteiger partial charge in [-0.25, -0.2) is 0 Å². The van der Waals surface area contributed by atoms with Crippen molar-refractivity contribution in [2.24, 2.45) is 28.9 Å². The summed E-state index contributed by atoms with van der Waals surface area (Å²) in [6.45, 7) is 4.04. The van der Waals surface area contributed by atoms with Gasteiger partial charge < -0.3 is 5.73 Å². The minimum atomic E-state index is -1.38. The first-order chi connectivity index (χ1) is 9.53. The lowest BCUT2D eigenvalue weighted by Crippen LogP contribution is -2.46. The predicted octanol–water partition coefficient (Wildman–Crippen LogP) is 2.77. The average molecular weight is 266 g/mol. The zero-order valence-corrected chi connectivity index (χ0v) is 11.8. The molecule has 4 heteroatoms. The highest BCUT2D eigenvalue weighted by Crippen LogP contribution is 2.53. The highest BCUT2D eigenvalue weighted by atomic mass is 14.7. The van der Waals surface area contributed by atoms with Crippen LogP contribution in [-0.4, -0.2) is 0 Å². The molecule has 0 spiro atoms. The SMILES string of the molecule is CC(C)[C@H]1[C@@H]2CCCC=C2C(C#N)=C(N)C1(C#N)C#N. The van der Waals surface area contributed by atoms with E-state index in [4.69, 9.17) is 5.73 Å². The molecule has 0 bridgehead atoms. The second-order valence-corrected chi connectivity index (χ2v) is 5.90. The van der Waals surface area contributed by atoms with E-state index in [0.29, 0.717) is 5.57 Å². The van der Waals surface area contributed by atoms with Crippen LogP contribution in [0.15, 0.2) is 22.9 Å². The normalized spacial score (nSPS) is 27.9. The first-order valence-electron chi connectivity index (χ1n) is 6.96. The Morgan fingerprint density at radius 1 is 1.30 bits per heavy atom. The molecule has 2 atom stereocenters. The standard InChI is InChI=1S/C16H18N4/c1-10(2)14-12-6-4-3-5-11(12)13(7-17)15(20)16(14,8-18)9-19/h5,10,12,14H,3-4,6,20H2,1-2H3/t12-,14+/m1/s1. The molecular weight excluding hydrogens is 248 g/mol. The van der Waals surface area contributed by atoms with Gasteiger partial charge in [-0.15, -0.1) is 0 Å². The minimum absolute atomic E-state index is 0.0880. The van der Waals surface area contributed by atoms with Gasteiger partial charge in [0.2, 0.25) is 0 Å². The van der Waals surface area contributed by atoms with Crippen LogP contribution < -0.4 is 5.73 Å². The number of hydrogen-bond donors (Lipinski definition) is 1. The van der Waals surface area contributed by atoms with E-state index in [0.717, 1.165) is 24.8 Å². The smallest absolute Gasteiger partial charge is 0.187 e. The van der Waals surface area contributed by atoms with Crippen molar-refractivity contribution in [2.75, 3.05) is 0 Å². The van der Waals surface area contributed by atoms with E-state index in [1.165, 1.54) is 0 Å². The van der Waals surface area contributed by atoms with Crippen LogP contribution in [-0.2, 0) is 0 Å². The van der Waals surface area contributed by atoms with E-state index in [9.17, 15) is 15.8 Å². The van der Waals surface area contributed by atoms with E-state index in [-0.39, 0.29) is 23.5 Å². The fourth-order valence-corrected chi connectivity index (χ4v) is 3.78. The molecule has 0 fully saturated rings. The molecule has 20 heavy (non-hydrogen) atoms. The first-order valence-corrected chi connectivity index (χ1v) is 6.96. The molecule has 0 unspecified atom stereocenters. The molecule has 0 heterocycles. The van der Waals surface area contributed by atoms with Gasteiger partial charge in [-0.05, 0) is 36.7 Å². The van der Waals surface area contributed by atoms with E-state index < -0.39 is 5.41 Å². The van der Waals surface area contributed by atoms with Gasteiger partial charge >= 0.3 is 0 Å². The maximum atomic E-state index is 9.62. The Morgan fingerprint density at radius 2 is 1.95 bits per heavy atom. The Kier molecular flexibility index (Phi) is 3.56. The maximum absolute atomic E-state index is 9.62. The fraction of sp³-hybridized carbons (Fsp3) is 0.562. The van der Waals surface area contributed by atoms with Gasteiger partial charge in [0.1, 0.15) is 6.07 Å². The summed E-state index contributed by atoms with van der Waals surface area (Å²) >= 11 is 0. The van der Waals surface area contributed by atoms with E-state index >= 15 is 0 Å². The molecule has 0 aliphatic heterocycles. The van der Waals surface area contributed by atoms with Gasteiger partial charge in [0, 0.05) is 5.92 Å². The molecule has 102 valence electrons. The molecule has 0 aromatic heterocycles. The van der Waals surface area contributed by atoms with Crippen molar-refractivity contribution in [1.82, 2.24) is 0 Å². The third-order valence-corrected chi connectivity index (χ3v) is 4.58. The predicted molar refractivity (Wildman–Crippen MR) is 74.2 cm³/mol. The van der Waals surface area contributed by atoms with Crippen LogP contribution >= 0.6 is 0 Å². The molecule has 0 aromatic rings. The molecule has 0 radical (unpaired) electrons. The highest BCUT2D eigenvalue weighted by molar-refractivity contribution is 5.56. The van der Waals surface area contributed by atoms with Gasteiger partial charge in [-0.1, -0.05) is 19.9 Å². The topological polar surface area (TPSA) is 97.4 Å². The van der Waals surface area contributed by atoms with Crippen molar-refractivity contribution < 1.29 is 0 Å². The maximum Gasteiger partial charge on any atom is 0.187 e. The summed E-state index contributed by atoms with van der Waals surface area (Å²) < 4.78 is 0. The quantitative estimate of drug-likeness (QED) is 0.789. The molecule has 2 aliphatic carbocycles. The van der Waals surface area contributed by atoms with Crippen LogP contribution in [0.1, 0.15) is 33.1 Å². The lowest BCUT2D eigenvalue weighted by Gasteiger charge is -2.45. The third-order valence-electron chi connectivity index (χ3n) is 4.58. The van der Waals surface area contributed by atoms with Gasteiger partial charge in [0.15, 0.2) is 5.41 Å². The summed E-state index contributed by atoms with van der Waals surface area (Å²) in [5.41, 5.74) is 6.18. The molecule has 0 saturated carbocycles. The van der Waals surface area contributed by atoms with Gasteiger partial charge in [0.25, 0.3) is 0 Å². The summed E-state index contributed by atoms with van der Waals surface area (Å²) in [5.74, 6) is 0.0887. The summed E-state index contributed by atoms with van der Waals surface area (Å²) in [6.07, 6.45) is 4.94. The third kappa shape index (κ3) is 1.71. The molecule has 0 amide bonds. The van der Waals surface area contributed by atoms with Gasteiger partial charge in [0.05, 0.1) is 23.4 Å². The van der Waals surface area contributed by atoms with Crippen molar-refractivity contribution in [3.8, 4) is 18.2 Å². The summed E-state index contributed by atoms with van der Waals surface area (Å²) in [4.78, 5) is 0. The van der Waals surface area contributed by atoms with Crippen LogP contribution in [0.25, 0.3) is 0 Å². The molecule has 2 aliphatic rings. The van der Waals surface area contributed by atoms with Crippen molar-refractivity contribution >= 4 is 0 Å².